The minimum atomic E-state index is -0.336. The fourth-order valence-corrected chi connectivity index (χ4v) is 3.66. The van der Waals surface area contributed by atoms with E-state index in [0.717, 1.165) is 23.3 Å². The van der Waals surface area contributed by atoms with Crippen molar-refractivity contribution in [3.63, 3.8) is 0 Å². The molecule has 18 heavy (non-hydrogen) atoms. The Kier molecular flexibility index (Phi) is 2.88. The van der Waals surface area contributed by atoms with Crippen molar-refractivity contribution in [2.24, 2.45) is 0 Å². The lowest BCUT2D eigenvalue weighted by Gasteiger charge is -2.08. The molecular formula is C14H13NO2S. The Morgan fingerprint density at radius 3 is 2.78 bits per heavy atom. The van der Waals surface area contributed by atoms with Crippen LogP contribution in [0.15, 0.2) is 30.3 Å². The van der Waals surface area contributed by atoms with Crippen molar-refractivity contribution in [3.05, 3.63) is 50.9 Å². The van der Waals surface area contributed by atoms with E-state index in [0.29, 0.717) is 0 Å². The number of nitrogens with zero attached hydrogens (tertiary/aromatic N) is 1. The van der Waals surface area contributed by atoms with E-state index in [1.807, 2.05) is 6.07 Å². The Morgan fingerprint density at radius 2 is 2.00 bits per heavy atom. The van der Waals surface area contributed by atoms with Crippen molar-refractivity contribution >= 4 is 17.0 Å². The monoisotopic (exact) mass is 259 g/mol. The standard InChI is InChI=1S/C14H13NO2S/c16-15(17)12-6-3-5-10(8-12)14-9-11-4-1-2-7-13(11)18-14/h3,5-6,8-9H,1-2,4,7H2. The van der Waals surface area contributed by atoms with Crippen LogP contribution < -0.4 is 0 Å². The maximum atomic E-state index is 10.8. The first kappa shape index (κ1) is 11.4. The number of nitro benzene ring substituents is 1. The summed E-state index contributed by atoms with van der Waals surface area (Å²) in [4.78, 5) is 13.1. The van der Waals surface area contributed by atoms with Crippen molar-refractivity contribution in [1.82, 2.24) is 0 Å². The molecule has 1 heterocycles. The molecule has 0 aliphatic heterocycles. The van der Waals surface area contributed by atoms with Gasteiger partial charge in [0.1, 0.15) is 0 Å². The third kappa shape index (κ3) is 2.04. The van der Waals surface area contributed by atoms with Gasteiger partial charge in [-0.3, -0.25) is 10.1 Å². The van der Waals surface area contributed by atoms with Crippen LogP contribution in [0.5, 0.6) is 0 Å². The molecule has 0 amide bonds. The molecule has 4 heteroatoms. The lowest BCUT2D eigenvalue weighted by Crippen LogP contribution is -1.96. The van der Waals surface area contributed by atoms with Crippen LogP contribution in [-0.2, 0) is 12.8 Å². The summed E-state index contributed by atoms with van der Waals surface area (Å²) < 4.78 is 0. The van der Waals surface area contributed by atoms with Crippen LogP contribution >= 0.6 is 11.3 Å². The molecule has 0 radical (unpaired) electrons. The van der Waals surface area contributed by atoms with Crippen molar-refractivity contribution in [2.45, 2.75) is 25.7 Å². The highest BCUT2D eigenvalue weighted by atomic mass is 32.1. The SMILES string of the molecule is O=[N+]([O-])c1cccc(-c2cc3c(s2)CCCC3)c1. The number of thiophene rings is 1. The number of aryl methyl sites for hydroxylation is 2. The lowest BCUT2D eigenvalue weighted by atomic mass is 9.99. The van der Waals surface area contributed by atoms with Gasteiger partial charge in [0.2, 0.25) is 0 Å². The lowest BCUT2D eigenvalue weighted by molar-refractivity contribution is -0.384. The quantitative estimate of drug-likeness (QED) is 0.599. The molecule has 1 aliphatic carbocycles. The van der Waals surface area contributed by atoms with Gasteiger partial charge in [-0.15, -0.1) is 11.3 Å². The van der Waals surface area contributed by atoms with E-state index in [9.17, 15) is 10.1 Å². The molecule has 0 N–H and O–H groups in total. The number of rotatable bonds is 2. The van der Waals surface area contributed by atoms with Crippen molar-refractivity contribution in [1.29, 1.82) is 0 Å². The molecule has 0 spiro atoms. The summed E-state index contributed by atoms with van der Waals surface area (Å²) in [5, 5.41) is 10.8. The van der Waals surface area contributed by atoms with Gasteiger partial charge in [0.15, 0.2) is 0 Å². The zero-order chi connectivity index (χ0) is 12.5. The Balaban J connectivity index is 2.01. The molecule has 0 bridgehead atoms. The predicted octanol–water partition coefficient (Wildman–Crippen LogP) is 4.20. The highest BCUT2D eigenvalue weighted by Crippen LogP contribution is 2.36. The molecule has 3 nitrogen and oxygen atoms in total. The third-order valence-electron chi connectivity index (χ3n) is 3.34. The summed E-state index contributed by atoms with van der Waals surface area (Å²) in [6.45, 7) is 0. The Hall–Kier alpha value is -1.68. The number of non-ortho nitro benzene ring substituents is 1. The van der Waals surface area contributed by atoms with Crippen LogP contribution in [0, 0.1) is 10.1 Å². The van der Waals surface area contributed by atoms with Gasteiger partial charge >= 0.3 is 0 Å². The van der Waals surface area contributed by atoms with E-state index in [2.05, 4.69) is 6.07 Å². The van der Waals surface area contributed by atoms with Crippen molar-refractivity contribution < 1.29 is 4.92 Å². The second kappa shape index (κ2) is 4.53. The van der Waals surface area contributed by atoms with E-state index >= 15 is 0 Å². The van der Waals surface area contributed by atoms with E-state index in [1.165, 1.54) is 29.3 Å². The van der Waals surface area contributed by atoms with Gasteiger partial charge in [-0.05, 0) is 42.9 Å². The number of benzene rings is 1. The number of nitro groups is 1. The van der Waals surface area contributed by atoms with E-state index < -0.39 is 0 Å². The summed E-state index contributed by atoms with van der Waals surface area (Å²) in [5.41, 5.74) is 2.57. The van der Waals surface area contributed by atoms with Gasteiger partial charge in [-0.1, -0.05) is 12.1 Å². The zero-order valence-corrected chi connectivity index (χ0v) is 10.7. The molecule has 0 saturated carbocycles. The van der Waals surface area contributed by atoms with Crippen molar-refractivity contribution in [3.8, 4) is 10.4 Å². The first-order chi connectivity index (χ1) is 8.74. The number of hydrogen-bond acceptors (Lipinski definition) is 3. The number of fused-ring (bicyclic) bond motifs is 1. The Morgan fingerprint density at radius 1 is 1.17 bits per heavy atom. The van der Waals surface area contributed by atoms with Crippen LogP contribution in [0.1, 0.15) is 23.3 Å². The fourth-order valence-electron chi connectivity index (χ4n) is 2.41. The molecule has 92 valence electrons. The maximum Gasteiger partial charge on any atom is 0.270 e. The number of hydrogen-bond donors (Lipinski definition) is 0. The van der Waals surface area contributed by atoms with Gasteiger partial charge in [0, 0.05) is 21.9 Å². The molecular weight excluding hydrogens is 246 g/mol. The molecule has 0 saturated heterocycles. The average Bonchev–Trinajstić information content (AvgIpc) is 2.82. The summed E-state index contributed by atoms with van der Waals surface area (Å²) in [7, 11) is 0. The second-order valence-electron chi connectivity index (χ2n) is 4.57. The van der Waals surface area contributed by atoms with E-state index in [1.54, 1.807) is 23.5 Å². The molecule has 0 unspecified atom stereocenters. The summed E-state index contributed by atoms with van der Waals surface area (Å²) in [6.07, 6.45) is 4.84. The smallest absolute Gasteiger partial charge is 0.258 e. The van der Waals surface area contributed by atoms with Gasteiger partial charge in [-0.25, -0.2) is 0 Å². The molecule has 2 aromatic rings. The van der Waals surface area contributed by atoms with Gasteiger partial charge in [0.25, 0.3) is 5.69 Å². The first-order valence-corrected chi connectivity index (χ1v) is 6.92. The Bertz CT molecular complexity index is 580. The van der Waals surface area contributed by atoms with Crippen molar-refractivity contribution in [2.75, 3.05) is 0 Å². The maximum absolute atomic E-state index is 10.8. The summed E-state index contributed by atoms with van der Waals surface area (Å²) >= 11 is 1.79. The van der Waals surface area contributed by atoms with Gasteiger partial charge < -0.3 is 0 Å². The normalized spacial score (nSPS) is 14.2. The molecule has 1 aliphatic rings. The van der Waals surface area contributed by atoms with Gasteiger partial charge in [0.05, 0.1) is 4.92 Å². The van der Waals surface area contributed by atoms with Gasteiger partial charge in [-0.2, -0.15) is 0 Å². The van der Waals surface area contributed by atoms with Crippen LogP contribution in [0.4, 0.5) is 5.69 Å². The van der Waals surface area contributed by atoms with Crippen LogP contribution in [-0.4, -0.2) is 4.92 Å². The minimum absolute atomic E-state index is 0.166. The van der Waals surface area contributed by atoms with Crippen LogP contribution in [0.3, 0.4) is 0 Å². The van der Waals surface area contributed by atoms with Crippen LogP contribution in [0.25, 0.3) is 10.4 Å². The molecule has 1 aromatic heterocycles. The van der Waals surface area contributed by atoms with E-state index in [4.69, 9.17) is 0 Å². The summed E-state index contributed by atoms with van der Waals surface area (Å²) in [6, 6.07) is 9.11. The molecule has 1 aromatic carbocycles. The first-order valence-electron chi connectivity index (χ1n) is 6.10. The second-order valence-corrected chi connectivity index (χ2v) is 5.71. The topological polar surface area (TPSA) is 43.1 Å². The molecule has 0 fully saturated rings. The molecule has 0 atom stereocenters. The predicted molar refractivity (Wildman–Crippen MR) is 73.1 cm³/mol. The Labute approximate surface area is 109 Å². The fraction of sp³-hybridized carbons (Fsp3) is 0.286. The highest BCUT2D eigenvalue weighted by Gasteiger charge is 2.15. The largest absolute Gasteiger partial charge is 0.270 e. The zero-order valence-electron chi connectivity index (χ0n) is 9.89. The van der Waals surface area contributed by atoms with Crippen LogP contribution in [0.2, 0.25) is 0 Å². The third-order valence-corrected chi connectivity index (χ3v) is 4.62. The molecule has 3 rings (SSSR count). The average molecular weight is 259 g/mol. The highest BCUT2D eigenvalue weighted by molar-refractivity contribution is 7.15. The minimum Gasteiger partial charge on any atom is -0.258 e. The summed E-state index contributed by atoms with van der Waals surface area (Å²) in [5.74, 6) is 0. The van der Waals surface area contributed by atoms with E-state index in [-0.39, 0.29) is 10.6 Å².